The Morgan fingerprint density at radius 3 is 2.40 bits per heavy atom. The lowest BCUT2D eigenvalue weighted by molar-refractivity contribution is 0.0718. The average Bonchev–Trinajstić information content (AvgIpc) is 3.55. The summed E-state index contributed by atoms with van der Waals surface area (Å²) < 4.78 is 25.1. The van der Waals surface area contributed by atoms with Crippen LogP contribution in [-0.2, 0) is 13.1 Å². The number of nitrogens with zero attached hydrogens (tertiary/aromatic N) is 4. The summed E-state index contributed by atoms with van der Waals surface area (Å²) in [4.78, 5) is 19.7. The van der Waals surface area contributed by atoms with Gasteiger partial charge in [0.25, 0.3) is 5.91 Å². The van der Waals surface area contributed by atoms with Crippen molar-refractivity contribution in [3.05, 3.63) is 95.7 Å². The molecule has 2 aromatic heterocycles. The summed E-state index contributed by atoms with van der Waals surface area (Å²) in [6, 6.07) is 19.0. The molecule has 2 aromatic carbocycles. The molecule has 1 saturated heterocycles. The Balaban J connectivity index is 1.54. The number of halogens is 1. The van der Waals surface area contributed by atoms with Gasteiger partial charge in [0, 0.05) is 37.3 Å². The molecule has 35 heavy (non-hydrogen) atoms. The molecule has 8 heteroatoms. The predicted molar refractivity (Wildman–Crippen MR) is 130 cm³/mol. The predicted octanol–water partition coefficient (Wildman–Crippen LogP) is 4.67. The second kappa shape index (κ2) is 10.1. The van der Waals surface area contributed by atoms with Crippen molar-refractivity contribution >= 4 is 11.8 Å². The molecule has 0 N–H and O–H groups in total. The fourth-order valence-electron chi connectivity index (χ4n) is 4.28. The van der Waals surface area contributed by atoms with E-state index in [9.17, 15) is 9.18 Å². The molecule has 0 unspecified atom stereocenters. The summed E-state index contributed by atoms with van der Waals surface area (Å²) in [5.41, 5.74) is 2.71. The lowest BCUT2D eigenvalue weighted by atomic mass is 10.1. The molecule has 5 rings (SSSR count). The van der Waals surface area contributed by atoms with E-state index >= 15 is 0 Å². The van der Waals surface area contributed by atoms with Crippen molar-refractivity contribution in [2.45, 2.75) is 13.1 Å². The Morgan fingerprint density at radius 2 is 1.71 bits per heavy atom. The average molecular weight is 475 g/mol. The van der Waals surface area contributed by atoms with Crippen LogP contribution >= 0.6 is 0 Å². The van der Waals surface area contributed by atoms with Gasteiger partial charge in [-0.25, -0.2) is 4.39 Å². The van der Waals surface area contributed by atoms with Gasteiger partial charge in [-0.3, -0.25) is 4.79 Å². The van der Waals surface area contributed by atoms with Gasteiger partial charge in [-0.05, 0) is 55.6 Å². The van der Waals surface area contributed by atoms with Gasteiger partial charge in [0.15, 0.2) is 0 Å². The highest BCUT2D eigenvalue weighted by Crippen LogP contribution is 2.34. The van der Waals surface area contributed by atoms with Crippen LogP contribution in [0.25, 0.3) is 11.3 Å². The normalized spacial score (nSPS) is 14.3. The highest BCUT2D eigenvalue weighted by atomic mass is 19.1. The van der Waals surface area contributed by atoms with Crippen molar-refractivity contribution in [1.82, 2.24) is 15.0 Å². The molecule has 3 heterocycles. The maximum Gasteiger partial charge on any atom is 0.254 e. The van der Waals surface area contributed by atoms with Crippen molar-refractivity contribution < 1.29 is 18.1 Å². The quantitative estimate of drug-likeness (QED) is 0.388. The molecule has 0 saturated carbocycles. The van der Waals surface area contributed by atoms with Crippen LogP contribution in [0.4, 0.5) is 10.3 Å². The van der Waals surface area contributed by atoms with Gasteiger partial charge < -0.3 is 23.6 Å². The Labute approximate surface area is 203 Å². The number of rotatable bonds is 7. The van der Waals surface area contributed by atoms with Crippen LogP contribution in [0.1, 0.15) is 21.7 Å². The Kier molecular flexibility index (Phi) is 6.63. The lowest BCUT2D eigenvalue weighted by Gasteiger charge is -2.33. The number of carbonyl (C=O) groups excluding carboxylic acids is 1. The number of aromatic nitrogens is 1. The number of furan rings is 1. The molecular formula is C27H27FN4O3. The summed E-state index contributed by atoms with van der Waals surface area (Å²) >= 11 is 0. The maximum absolute atomic E-state index is 13.6. The third-order valence-electron chi connectivity index (χ3n) is 6.26. The maximum atomic E-state index is 13.6. The van der Waals surface area contributed by atoms with Crippen LogP contribution in [-0.4, -0.2) is 54.1 Å². The minimum absolute atomic E-state index is 0.127. The van der Waals surface area contributed by atoms with Gasteiger partial charge in [0.05, 0.1) is 24.9 Å². The molecule has 1 amide bonds. The Morgan fingerprint density at radius 1 is 0.971 bits per heavy atom. The van der Waals surface area contributed by atoms with Crippen molar-refractivity contribution in [2.75, 3.05) is 38.1 Å². The van der Waals surface area contributed by atoms with E-state index in [0.29, 0.717) is 22.9 Å². The van der Waals surface area contributed by atoms with E-state index in [-0.39, 0.29) is 24.8 Å². The summed E-state index contributed by atoms with van der Waals surface area (Å²) in [7, 11) is 2.09. The van der Waals surface area contributed by atoms with Crippen molar-refractivity contribution in [2.24, 2.45) is 0 Å². The number of piperazine rings is 1. The van der Waals surface area contributed by atoms with E-state index in [4.69, 9.17) is 8.94 Å². The van der Waals surface area contributed by atoms with Crippen molar-refractivity contribution in [3.63, 3.8) is 0 Å². The van der Waals surface area contributed by atoms with Crippen molar-refractivity contribution in [1.29, 1.82) is 0 Å². The molecule has 0 aliphatic carbocycles. The van der Waals surface area contributed by atoms with Gasteiger partial charge in [-0.15, -0.1) is 0 Å². The fourth-order valence-corrected chi connectivity index (χ4v) is 4.28. The van der Waals surface area contributed by atoms with E-state index in [0.717, 1.165) is 37.3 Å². The number of carbonyl (C=O) groups is 1. The molecule has 1 aliphatic rings. The molecule has 0 radical (unpaired) electrons. The van der Waals surface area contributed by atoms with Crippen LogP contribution in [0.2, 0.25) is 0 Å². The third kappa shape index (κ3) is 5.12. The topological polar surface area (TPSA) is 66.0 Å². The van der Waals surface area contributed by atoms with Gasteiger partial charge in [-0.2, -0.15) is 0 Å². The van der Waals surface area contributed by atoms with Crippen LogP contribution in [0.5, 0.6) is 0 Å². The third-order valence-corrected chi connectivity index (χ3v) is 6.26. The summed E-state index contributed by atoms with van der Waals surface area (Å²) in [6.07, 6.45) is 1.60. The molecule has 1 fully saturated rings. The first-order chi connectivity index (χ1) is 17.1. The van der Waals surface area contributed by atoms with E-state index in [1.807, 2.05) is 24.3 Å². The zero-order chi connectivity index (χ0) is 24.2. The smallest absolute Gasteiger partial charge is 0.254 e. The number of benzene rings is 2. The standard InChI is InChI=1S/C27H27FN4O3/c1-30-13-15-31(16-14-30)27-24(25(29-35-27)20-9-11-22(28)12-10-20)19-32(18-23-8-5-17-34-23)26(33)21-6-3-2-4-7-21/h2-12,17H,13-16,18-19H2,1H3. The first-order valence-corrected chi connectivity index (χ1v) is 11.6. The molecule has 0 spiro atoms. The van der Waals surface area contributed by atoms with Crippen LogP contribution < -0.4 is 4.90 Å². The highest BCUT2D eigenvalue weighted by molar-refractivity contribution is 5.94. The summed E-state index contributed by atoms with van der Waals surface area (Å²) in [5, 5.41) is 4.38. The minimum Gasteiger partial charge on any atom is -0.467 e. The first-order valence-electron chi connectivity index (χ1n) is 11.6. The highest BCUT2D eigenvalue weighted by Gasteiger charge is 2.28. The summed E-state index contributed by atoms with van der Waals surface area (Å²) in [5.74, 6) is 0.868. The molecule has 4 aromatic rings. The molecule has 0 bridgehead atoms. The van der Waals surface area contributed by atoms with Crippen LogP contribution in [0.3, 0.4) is 0 Å². The van der Waals surface area contributed by atoms with Crippen molar-refractivity contribution in [3.8, 4) is 11.3 Å². The molecule has 1 aliphatic heterocycles. The second-order valence-electron chi connectivity index (χ2n) is 8.72. The number of hydrogen-bond acceptors (Lipinski definition) is 6. The van der Waals surface area contributed by atoms with Crippen LogP contribution in [0.15, 0.2) is 81.9 Å². The molecule has 180 valence electrons. The van der Waals surface area contributed by atoms with Gasteiger partial charge >= 0.3 is 0 Å². The lowest BCUT2D eigenvalue weighted by Crippen LogP contribution is -2.44. The first kappa shape index (κ1) is 22.9. The Hall–Kier alpha value is -3.91. The number of hydrogen-bond donors (Lipinski definition) is 0. The molecular weight excluding hydrogens is 447 g/mol. The number of anilines is 1. The van der Waals surface area contributed by atoms with E-state index in [1.54, 1.807) is 41.5 Å². The zero-order valence-corrected chi connectivity index (χ0v) is 19.6. The van der Waals surface area contributed by atoms with Gasteiger partial charge in [0.1, 0.15) is 17.3 Å². The van der Waals surface area contributed by atoms with Gasteiger partial charge in [-0.1, -0.05) is 23.4 Å². The monoisotopic (exact) mass is 474 g/mol. The Bertz CT molecular complexity index is 1250. The van der Waals surface area contributed by atoms with E-state index in [1.165, 1.54) is 12.1 Å². The molecule has 0 atom stereocenters. The fraction of sp³-hybridized carbons (Fsp3) is 0.259. The summed E-state index contributed by atoms with van der Waals surface area (Å²) in [6.45, 7) is 3.90. The van der Waals surface area contributed by atoms with Crippen LogP contribution in [0, 0.1) is 5.82 Å². The number of likely N-dealkylation sites (N-methyl/N-ethyl adjacent to an activating group) is 1. The number of amides is 1. The van der Waals surface area contributed by atoms with E-state index in [2.05, 4.69) is 22.0 Å². The second-order valence-corrected chi connectivity index (χ2v) is 8.72. The SMILES string of the molecule is CN1CCN(c2onc(-c3ccc(F)cc3)c2CN(Cc2ccco2)C(=O)c2ccccc2)CC1. The van der Waals surface area contributed by atoms with Gasteiger partial charge in [0.2, 0.25) is 5.88 Å². The largest absolute Gasteiger partial charge is 0.467 e. The molecule has 7 nitrogen and oxygen atoms in total. The minimum atomic E-state index is -0.322. The zero-order valence-electron chi connectivity index (χ0n) is 19.6. The van der Waals surface area contributed by atoms with E-state index < -0.39 is 0 Å².